The van der Waals surface area contributed by atoms with Crippen LogP contribution in [0.25, 0.3) is 0 Å². The fourth-order valence-corrected chi connectivity index (χ4v) is 2.34. The fourth-order valence-electron chi connectivity index (χ4n) is 2.34. The van der Waals surface area contributed by atoms with Crippen LogP contribution in [-0.2, 0) is 4.79 Å². The predicted molar refractivity (Wildman–Crippen MR) is 88.6 cm³/mol. The summed E-state index contributed by atoms with van der Waals surface area (Å²) in [6.07, 6.45) is 0. The number of nitrogens with one attached hydrogen (secondary N) is 1. The topological polar surface area (TPSA) is 50.8 Å². The van der Waals surface area contributed by atoms with Crippen LogP contribution < -0.4 is 14.8 Å². The molecular weight excluding hydrogens is 280 g/mol. The quantitative estimate of drug-likeness (QED) is 0.799. The zero-order valence-electron chi connectivity index (χ0n) is 14.5. The molecule has 0 saturated heterocycles. The van der Waals surface area contributed by atoms with E-state index in [9.17, 15) is 4.79 Å². The standard InChI is InChI=1S/C17H28N2O3/c1-13-7-8-14(15(9-13)21-6)22-10-16(20)18-11-17(2,3)12-19(4)5/h7-9H,10-12H2,1-6H3,(H,18,20). The maximum absolute atomic E-state index is 11.9. The Balaban J connectivity index is 2.47. The lowest BCUT2D eigenvalue weighted by molar-refractivity contribution is -0.123. The van der Waals surface area contributed by atoms with Gasteiger partial charge in [0.15, 0.2) is 18.1 Å². The Labute approximate surface area is 133 Å². The van der Waals surface area contributed by atoms with Crippen molar-refractivity contribution in [3.8, 4) is 11.5 Å². The molecule has 1 aromatic carbocycles. The molecule has 0 fully saturated rings. The second-order valence-electron chi connectivity index (χ2n) is 6.62. The molecule has 0 aliphatic carbocycles. The summed E-state index contributed by atoms with van der Waals surface area (Å²) in [5, 5.41) is 2.92. The Kier molecular flexibility index (Phi) is 6.68. The van der Waals surface area contributed by atoms with E-state index in [4.69, 9.17) is 9.47 Å². The minimum atomic E-state index is -0.130. The lowest BCUT2D eigenvalue weighted by Gasteiger charge is -2.28. The molecule has 0 aromatic heterocycles. The molecule has 22 heavy (non-hydrogen) atoms. The monoisotopic (exact) mass is 308 g/mol. The molecule has 0 aliphatic heterocycles. The second kappa shape index (κ2) is 8.03. The minimum absolute atomic E-state index is 0.0146. The van der Waals surface area contributed by atoms with Gasteiger partial charge >= 0.3 is 0 Å². The van der Waals surface area contributed by atoms with Crippen LogP contribution in [0.3, 0.4) is 0 Å². The van der Waals surface area contributed by atoms with Gasteiger partial charge in [-0.05, 0) is 44.1 Å². The first-order valence-corrected chi connectivity index (χ1v) is 7.42. The molecule has 124 valence electrons. The van der Waals surface area contributed by atoms with E-state index >= 15 is 0 Å². The number of rotatable bonds is 8. The number of hydrogen-bond donors (Lipinski definition) is 1. The summed E-state index contributed by atoms with van der Waals surface area (Å²) in [4.78, 5) is 14.0. The van der Waals surface area contributed by atoms with E-state index in [1.54, 1.807) is 7.11 Å². The molecule has 1 aromatic rings. The van der Waals surface area contributed by atoms with Gasteiger partial charge in [-0.1, -0.05) is 19.9 Å². The molecule has 0 heterocycles. The highest BCUT2D eigenvalue weighted by Crippen LogP contribution is 2.27. The summed E-state index contributed by atoms with van der Waals surface area (Å²) in [6.45, 7) is 7.72. The molecule has 0 bridgehead atoms. The Bertz CT molecular complexity index is 499. The Morgan fingerprint density at radius 1 is 1.27 bits per heavy atom. The third-order valence-electron chi connectivity index (χ3n) is 3.19. The number of ether oxygens (including phenoxy) is 2. The van der Waals surface area contributed by atoms with Gasteiger partial charge in [0.25, 0.3) is 5.91 Å². The Morgan fingerprint density at radius 2 is 1.95 bits per heavy atom. The second-order valence-corrected chi connectivity index (χ2v) is 6.62. The van der Waals surface area contributed by atoms with Crippen LogP contribution in [-0.4, -0.2) is 51.7 Å². The van der Waals surface area contributed by atoms with Crippen LogP contribution in [0.5, 0.6) is 11.5 Å². The molecule has 0 saturated carbocycles. The number of hydrogen-bond acceptors (Lipinski definition) is 4. The average molecular weight is 308 g/mol. The zero-order valence-corrected chi connectivity index (χ0v) is 14.5. The van der Waals surface area contributed by atoms with Crippen LogP contribution in [0, 0.1) is 12.3 Å². The highest BCUT2D eigenvalue weighted by molar-refractivity contribution is 5.77. The van der Waals surface area contributed by atoms with E-state index in [0.29, 0.717) is 18.0 Å². The van der Waals surface area contributed by atoms with Crippen molar-refractivity contribution in [2.75, 3.05) is 40.9 Å². The highest BCUT2D eigenvalue weighted by atomic mass is 16.5. The maximum Gasteiger partial charge on any atom is 0.257 e. The first-order valence-electron chi connectivity index (χ1n) is 7.42. The van der Waals surface area contributed by atoms with Gasteiger partial charge in [0.05, 0.1) is 7.11 Å². The first-order chi connectivity index (χ1) is 10.2. The molecule has 1 N–H and O–H groups in total. The summed E-state index contributed by atoms with van der Waals surface area (Å²) in [5.41, 5.74) is 1.10. The van der Waals surface area contributed by atoms with Crippen LogP contribution >= 0.6 is 0 Å². The van der Waals surface area contributed by atoms with Crippen molar-refractivity contribution < 1.29 is 14.3 Å². The van der Waals surface area contributed by atoms with Crippen molar-refractivity contribution >= 4 is 5.91 Å². The number of nitrogens with zero attached hydrogens (tertiary/aromatic N) is 1. The number of aryl methyl sites for hydroxylation is 1. The van der Waals surface area contributed by atoms with Crippen molar-refractivity contribution in [1.29, 1.82) is 0 Å². The SMILES string of the molecule is COc1cc(C)ccc1OCC(=O)NCC(C)(C)CN(C)C. The summed E-state index contributed by atoms with van der Waals surface area (Å²) < 4.78 is 10.8. The van der Waals surface area contributed by atoms with Crippen LogP contribution in [0.4, 0.5) is 0 Å². The normalized spacial score (nSPS) is 11.4. The predicted octanol–water partition coefficient (Wildman–Crippen LogP) is 2.09. The number of benzene rings is 1. The Morgan fingerprint density at radius 3 is 2.55 bits per heavy atom. The van der Waals surface area contributed by atoms with Gasteiger partial charge in [0, 0.05) is 13.1 Å². The molecule has 0 spiro atoms. The van der Waals surface area contributed by atoms with E-state index in [2.05, 4.69) is 24.1 Å². The van der Waals surface area contributed by atoms with E-state index < -0.39 is 0 Å². The molecule has 0 unspecified atom stereocenters. The van der Waals surface area contributed by atoms with Crippen molar-refractivity contribution in [2.45, 2.75) is 20.8 Å². The molecule has 0 atom stereocenters. The smallest absolute Gasteiger partial charge is 0.257 e. The van der Waals surface area contributed by atoms with Crippen LogP contribution in [0.1, 0.15) is 19.4 Å². The van der Waals surface area contributed by atoms with Gasteiger partial charge in [0.1, 0.15) is 0 Å². The van der Waals surface area contributed by atoms with Crippen molar-refractivity contribution in [1.82, 2.24) is 10.2 Å². The van der Waals surface area contributed by atoms with Crippen molar-refractivity contribution in [3.63, 3.8) is 0 Å². The van der Waals surface area contributed by atoms with Gasteiger partial charge < -0.3 is 19.7 Å². The highest BCUT2D eigenvalue weighted by Gasteiger charge is 2.20. The maximum atomic E-state index is 11.9. The van der Waals surface area contributed by atoms with Crippen LogP contribution in [0.2, 0.25) is 0 Å². The first kappa shape index (κ1) is 18.3. The third kappa shape index (κ3) is 6.35. The summed E-state index contributed by atoms with van der Waals surface area (Å²) in [7, 11) is 5.64. The lowest BCUT2D eigenvalue weighted by Crippen LogP contribution is -2.41. The summed E-state index contributed by atoms with van der Waals surface area (Å²) in [5.74, 6) is 1.09. The lowest BCUT2D eigenvalue weighted by atomic mass is 9.93. The van der Waals surface area contributed by atoms with Crippen molar-refractivity contribution in [3.05, 3.63) is 23.8 Å². The van der Waals surface area contributed by atoms with Gasteiger partial charge in [-0.2, -0.15) is 0 Å². The van der Waals surface area contributed by atoms with E-state index in [0.717, 1.165) is 12.1 Å². The van der Waals surface area contributed by atoms with Gasteiger partial charge in [0.2, 0.25) is 0 Å². The number of methoxy groups -OCH3 is 1. The fraction of sp³-hybridized carbons (Fsp3) is 0.588. The van der Waals surface area contributed by atoms with E-state index in [-0.39, 0.29) is 17.9 Å². The third-order valence-corrected chi connectivity index (χ3v) is 3.19. The molecule has 1 amide bonds. The largest absolute Gasteiger partial charge is 0.493 e. The number of carbonyl (C=O) groups excluding carboxylic acids is 1. The van der Waals surface area contributed by atoms with Crippen LogP contribution in [0.15, 0.2) is 18.2 Å². The Hall–Kier alpha value is -1.75. The molecule has 5 nitrogen and oxygen atoms in total. The molecule has 0 aliphatic rings. The molecule has 1 rings (SSSR count). The minimum Gasteiger partial charge on any atom is -0.493 e. The molecule has 5 heteroatoms. The van der Waals surface area contributed by atoms with Gasteiger partial charge in [-0.25, -0.2) is 0 Å². The average Bonchev–Trinajstić information content (AvgIpc) is 2.42. The number of carbonyl (C=O) groups is 1. The van der Waals surface area contributed by atoms with Gasteiger partial charge in [-0.15, -0.1) is 0 Å². The molecular formula is C17H28N2O3. The summed E-state index contributed by atoms with van der Waals surface area (Å²) in [6, 6.07) is 5.63. The summed E-state index contributed by atoms with van der Waals surface area (Å²) >= 11 is 0. The van der Waals surface area contributed by atoms with E-state index in [1.807, 2.05) is 39.2 Å². The number of amides is 1. The van der Waals surface area contributed by atoms with Gasteiger partial charge in [-0.3, -0.25) is 4.79 Å². The van der Waals surface area contributed by atoms with E-state index in [1.165, 1.54) is 0 Å². The molecule has 0 radical (unpaired) electrons. The van der Waals surface area contributed by atoms with Crippen molar-refractivity contribution in [2.24, 2.45) is 5.41 Å². The zero-order chi connectivity index (χ0) is 16.8.